The van der Waals surface area contributed by atoms with Crippen molar-refractivity contribution >= 4 is 5.97 Å². The van der Waals surface area contributed by atoms with Gasteiger partial charge in [0.05, 0.1) is 26.1 Å². The molecule has 0 aliphatic carbocycles. The van der Waals surface area contributed by atoms with E-state index in [1.807, 2.05) is 0 Å². The topological polar surface area (TPSA) is 84.4 Å². The van der Waals surface area contributed by atoms with Crippen molar-refractivity contribution in [2.24, 2.45) is 0 Å². The van der Waals surface area contributed by atoms with Crippen LogP contribution >= 0.6 is 0 Å². The van der Waals surface area contributed by atoms with Crippen LogP contribution in [-0.4, -0.2) is 35.5 Å². The summed E-state index contributed by atoms with van der Waals surface area (Å²) < 4.78 is 10.3. The number of rotatable bonds is 4. The predicted molar refractivity (Wildman–Crippen MR) is 64.1 cm³/mol. The van der Waals surface area contributed by atoms with E-state index < -0.39 is 5.97 Å². The third-order valence-electron chi connectivity index (χ3n) is 2.54. The molecule has 1 aromatic heterocycles. The summed E-state index contributed by atoms with van der Waals surface area (Å²) in [4.78, 5) is 11.0. The molecule has 0 fully saturated rings. The summed E-state index contributed by atoms with van der Waals surface area (Å²) in [5.41, 5.74) is 1.22. The fourth-order valence-corrected chi connectivity index (χ4v) is 1.66. The Kier molecular flexibility index (Phi) is 3.18. The monoisotopic (exact) mass is 248 g/mol. The molecule has 0 unspecified atom stereocenters. The van der Waals surface area contributed by atoms with E-state index in [2.05, 4.69) is 10.2 Å². The molecule has 94 valence electrons. The summed E-state index contributed by atoms with van der Waals surface area (Å²) in [7, 11) is 3.06. The van der Waals surface area contributed by atoms with E-state index in [1.165, 1.54) is 20.4 Å². The molecule has 2 aromatic rings. The zero-order chi connectivity index (χ0) is 13.1. The molecule has 6 nitrogen and oxygen atoms in total. The number of aromatic amines is 1. The molecule has 1 heterocycles. The van der Waals surface area contributed by atoms with Crippen molar-refractivity contribution in [3.8, 4) is 22.8 Å². The Balaban J connectivity index is 2.51. The number of benzene rings is 1. The van der Waals surface area contributed by atoms with Crippen molar-refractivity contribution in [3.05, 3.63) is 30.0 Å². The van der Waals surface area contributed by atoms with E-state index in [0.29, 0.717) is 22.8 Å². The quantitative estimate of drug-likeness (QED) is 0.861. The van der Waals surface area contributed by atoms with Crippen LogP contribution in [0.15, 0.2) is 24.4 Å². The van der Waals surface area contributed by atoms with E-state index in [9.17, 15) is 4.79 Å². The van der Waals surface area contributed by atoms with Crippen LogP contribution < -0.4 is 9.47 Å². The maximum atomic E-state index is 11.0. The van der Waals surface area contributed by atoms with Crippen LogP contribution in [-0.2, 0) is 0 Å². The van der Waals surface area contributed by atoms with Gasteiger partial charge in [-0.1, -0.05) is 0 Å². The number of carboxylic acid groups (broad SMARTS) is 1. The number of hydrogen-bond acceptors (Lipinski definition) is 4. The van der Waals surface area contributed by atoms with Crippen molar-refractivity contribution in [2.45, 2.75) is 0 Å². The van der Waals surface area contributed by atoms with E-state index in [4.69, 9.17) is 14.6 Å². The van der Waals surface area contributed by atoms with E-state index in [0.717, 1.165) is 0 Å². The number of carboxylic acids is 1. The summed E-state index contributed by atoms with van der Waals surface area (Å²) >= 11 is 0. The van der Waals surface area contributed by atoms with Gasteiger partial charge in [0.15, 0.2) is 11.5 Å². The summed E-state index contributed by atoms with van der Waals surface area (Å²) in [5.74, 6) is 0.0760. The van der Waals surface area contributed by atoms with E-state index in [1.54, 1.807) is 18.2 Å². The molecule has 0 radical (unpaired) electrons. The minimum atomic E-state index is -1.03. The fraction of sp³-hybridized carbons (Fsp3) is 0.167. The number of nitrogens with zero attached hydrogens (tertiary/aromatic N) is 1. The largest absolute Gasteiger partial charge is 0.493 e. The molecule has 0 amide bonds. The number of methoxy groups -OCH3 is 2. The third-order valence-corrected chi connectivity index (χ3v) is 2.54. The normalized spacial score (nSPS) is 10.1. The first kappa shape index (κ1) is 12.0. The van der Waals surface area contributed by atoms with Crippen LogP contribution in [0.2, 0.25) is 0 Å². The molecular formula is C12H12N2O4. The first-order chi connectivity index (χ1) is 8.67. The van der Waals surface area contributed by atoms with Gasteiger partial charge in [0.25, 0.3) is 0 Å². The van der Waals surface area contributed by atoms with Crippen LogP contribution in [0.1, 0.15) is 10.4 Å². The van der Waals surface area contributed by atoms with Crippen molar-refractivity contribution in [3.63, 3.8) is 0 Å². The number of aromatic carboxylic acids is 1. The number of nitrogens with one attached hydrogen (secondary N) is 1. The van der Waals surface area contributed by atoms with Gasteiger partial charge in [0, 0.05) is 5.56 Å². The van der Waals surface area contributed by atoms with Crippen molar-refractivity contribution in [1.82, 2.24) is 10.2 Å². The minimum Gasteiger partial charge on any atom is -0.493 e. The Hall–Kier alpha value is -2.50. The smallest absolute Gasteiger partial charge is 0.339 e. The lowest BCUT2D eigenvalue weighted by Gasteiger charge is -2.09. The molecule has 0 aliphatic heterocycles. The highest BCUT2D eigenvalue weighted by Crippen LogP contribution is 2.32. The number of hydrogen-bond donors (Lipinski definition) is 2. The van der Waals surface area contributed by atoms with Crippen molar-refractivity contribution in [2.75, 3.05) is 14.2 Å². The van der Waals surface area contributed by atoms with Gasteiger partial charge in [-0.05, 0) is 18.2 Å². The lowest BCUT2D eigenvalue weighted by molar-refractivity contribution is 0.0698. The highest BCUT2D eigenvalue weighted by Gasteiger charge is 2.15. The van der Waals surface area contributed by atoms with Gasteiger partial charge in [-0.25, -0.2) is 4.79 Å². The van der Waals surface area contributed by atoms with Crippen LogP contribution in [0, 0.1) is 0 Å². The van der Waals surface area contributed by atoms with Crippen LogP contribution in [0.3, 0.4) is 0 Å². The minimum absolute atomic E-state index is 0.113. The molecule has 18 heavy (non-hydrogen) atoms. The summed E-state index contributed by atoms with van der Waals surface area (Å²) in [6, 6.07) is 5.14. The van der Waals surface area contributed by atoms with Gasteiger partial charge in [-0.3, -0.25) is 5.10 Å². The van der Waals surface area contributed by atoms with Gasteiger partial charge in [-0.15, -0.1) is 0 Å². The van der Waals surface area contributed by atoms with Gasteiger partial charge in [-0.2, -0.15) is 5.10 Å². The molecule has 0 aliphatic rings. The SMILES string of the molecule is COc1ccc(-c2[nH]ncc2C(=O)O)cc1OC. The lowest BCUT2D eigenvalue weighted by atomic mass is 10.1. The molecule has 1 aromatic carbocycles. The molecule has 0 saturated heterocycles. The molecule has 2 rings (SSSR count). The third kappa shape index (κ3) is 2.00. The molecule has 6 heteroatoms. The zero-order valence-electron chi connectivity index (χ0n) is 9.93. The van der Waals surface area contributed by atoms with Gasteiger partial charge >= 0.3 is 5.97 Å². The summed E-state index contributed by atoms with van der Waals surface area (Å²) in [6.45, 7) is 0. The Labute approximate surface area is 103 Å². The lowest BCUT2D eigenvalue weighted by Crippen LogP contribution is -1.97. The highest BCUT2D eigenvalue weighted by atomic mass is 16.5. The van der Waals surface area contributed by atoms with E-state index in [-0.39, 0.29) is 5.56 Å². The van der Waals surface area contributed by atoms with E-state index >= 15 is 0 Å². The molecule has 0 bridgehead atoms. The maximum absolute atomic E-state index is 11.0. The Bertz CT molecular complexity index is 577. The van der Waals surface area contributed by atoms with Crippen LogP contribution in [0.25, 0.3) is 11.3 Å². The highest BCUT2D eigenvalue weighted by molar-refractivity contribution is 5.94. The van der Waals surface area contributed by atoms with Crippen molar-refractivity contribution in [1.29, 1.82) is 0 Å². The molecule has 2 N–H and O–H groups in total. The van der Waals surface area contributed by atoms with Crippen LogP contribution in [0.5, 0.6) is 11.5 Å². The number of ether oxygens (including phenoxy) is 2. The summed E-state index contributed by atoms with van der Waals surface area (Å²) in [5, 5.41) is 15.4. The maximum Gasteiger partial charge on any atom is 0.339 e. The average molecular weight is 248 g/mol. The molecular weight excluding hydrogens is 236 g/mol. The number of aromatic nitrogens is 2. The second-order valence-electron chi connectivity index (χ2n) is 3.53. The van der Waals surface area contributed by atoms with Crippen molar-refractivity contribution < 1.29 is 19.4 Å². The average Bonchev–Trinajstić information content (AvgIpc) is 2.87. The molecule has 0 saturated carbocycles. The zero-order valence-corrected chi connectivity index (χ0v) is 9.93. The summed E-state index contributed by atoms with van der Waals surface area (Å²) in [6.07, 6.45) is 1.27. The number of H-pyrrole nitrogens is 1. The second-order valence-corrected chi connectivity index (χ2v) is 3.53. The first-order valence-corrected chi connectivity index (χ1v) is 5.16. The fourth-order valence-electron chi connectivity index (χ4n) is 1.66. The van der Waals surface area contributed by atoms with Gasteiger partial charge in [0.2, 0.25) is 0 Å². The van der Waals surface area contributed by atoms with Crippen LogP contribution in [0.4, 0.5) is 0 Å². The first-order valence-electron chi connectivity index (χ1n) is 5.16. The Morgan fingerprint density at radius 2 is 2.00 bits per heavy atom. The Morgan fingerprint density at radius 3 is 2.61 bits per heavy atom. The predicted octanol–water partition coefficient (Wildman–Crippen LogP) is 1.79. The Morgan fingerprint density at radius 1 is 1.28 bits per heavy atom. The molecule has 0 spiro atoms. The second kappa shape index (κ2) is 4.79. The molecule has 0 atom stereocenters. The standard InChI is InChI=1S/C12H12N2O4/c1-17-9-4-3-7(5-10(9)18-2)11-8(12(15)16)6-13-14-11/h3-6H,1-2H3,(H,13,14)(H,15,16). The van der Waals surface area contributed by atoms with Gasteiger partial charge < -0.3 is 14.6 Å². The van der Waals surface area contributed by atoms with Gasteiger partial charge in [0.1, 0.15) is 5.56 Å². The number of carbonyl (C=O) groups is 1.